The average Bonchev–Trinajstić information content (AvgIpc) is 3.11. The van der Waals surface area contributed by atoms with Crippen LogP contribution in [0.3, 0.4) is 0 Å². The van der Waals surface area contributed by atoms with Crippen molar-refractivity contribution >= 4 is 16.8 Å². The van der Waals surface area contributed by atoms with E-state index >= 15 is 0 Å². The number of hydrogen-bond donors (Lipinski definition) is 1. The lowest BCUT2D eigenvalue weighted by Crippen LogP contribution is -2.21. The summed E-state index contributed by atoms with van der Waals surface area (Å²) in [5, 5.41) is 0.883. The van der Waals surface area contributed by atoms with Crippen LogP contribution in [0.25, 0.3) is 22.0 Å². The lowest BCUT2D eigenvalue weighted by molar-refractivity contribution is 0.0827. The van der Waals surface area contributed by atoms with E-state index in [2.05, 4.69) is 4.98 Å². The molecule has 128 valence electrons. The van der Waals surface area contributed by atoms with Gasteiger partial charge in [-0.25, -0.2) is 0 Å². The number of carbonyl (C=O) groups excluding carboxylic acids is 1. The van der Waals surface area contributed by atoms with Gasteiger partial charge in [-0.05, 0) is 30.7 Å². The number of benzene rings is 1. The molecule has 1 amide bonds. The number of pyridine rings is 1. The lowest BCUT2D eigenvalue weighted by atomic mass is 10.0. The summed E-state index contributed by atoms with van der Waals surface area (Å²) in [6, 6.07) is 9.38. The maximum absolute atomic E-state index is 12.5. The Kier molecular flexibility index (Phi) is 4.57. The van der Waals surface area contributed by atoms with E-state index in [1.165, 1.54) is 0 Å². The molecule has 0 aliphatic rings. The smallest absolute Gasteiger partial charge is 0.275 e. The van der Waals surface area contributed by atoms with Crippen LogP contribution in [0, 0.1) is 0 Å². The van der Waals surface area contributed by atoms with Crippen LogP contribution in [-0.2, 0) is 6.54 Å². The topological polar surface area (TPSA) is 58.1 Å². The summed E-state index contributed by atoms with van der Waals surface area (Å²) in [6.07, 6.45) is 7.52. The molecule has 0 fully saturated rings. The molecule has 25 heavy (non-hydrogen) atoms. The van der Waals surface area contributed by atoms with E-state index < -0.39 is 0 Å². The van der Waals surface area contributed by atoms with E-state index in [0.29, 0.717) is 17.6 Å². The van der Waals surface area contributed by atoms with Crippen molar-refractivity contribution in [3.8, 4) is 11.1 Å². The maximum Gasteiger partial charge on any atom is 0.275 e. The van der Waals surface area contributed by atoms with Crippen LogP contribution in [-0.4, -0.2) is 34.5 Å². The number of rotatable bonds is 4. The van der Waals surface area contributed by atoms with Crippen molar-refractivity contribution in [3.05, 3.63) is 70.8 Å². The van der Waals surface area contributed by atoms with Gasteiger partial charge in [0.25, 0.3) is 11.5 Å². The number of allylic oxidation sites excluding steroid dienone is 2. The van der Waals surface area contributed by atoms with Gasteiger partial charge in [0.15, 0.2) is 0 Å². The monoisotopic (exact) mass is 335 g/mol. The Bertz CT molecular complexity index is 992. The molecule has 0 bridgehead atoms. The van der Waals surface area contributed by atoms with E-state index in [9.17, 15) is 9.59 Å². The van der Waals surface area contributed by atoms with Gasteiger partial charge in [0.1, 0.15) is 5.52 Å². The van der Waals surface area contributed by atoms with Crippen molar-refractivity contribution in [2.45, 2.75) is 13.5 Å². The van der Waals surface area contributed by atoms with Crippen molar-refractivity contribution in [3.63, 3.8) is 0 Å². The number of aromatic nitrogens is 2. The summed E-state index contributed by atoms with van der Waals surface area (Å²) < 4.78 is 1.69. The number of carbonyl (C=O) groups is 1. The molecule has 0 unspecified atom stereocenters. The van der Waals surface area contributed by atoms with Crippen LogP contribution in [0.5, 0.6) is 0 Å². The highest BCUT2D eigenvalue weighted by Crippen LogP contribution is 2.27. The summed E-state index contributed by atoms with van der Waals surface area (Å²) in [4.78, 5) is 29.2. The molecule has 2 aromatic heterocycles. The van der Waals surface area contributed by atoms with E-state index in [4.69, 9.17) is 0 Å². The molecule has 1 aromatic carbocycles. The van der Waals surface area contributed by atoms with E-state index in [1.54, 1.807) is 29.8 Å². The van der Waals surface area contributed by atoms with Crippen LogP contribution < -0.4 is 5.56 Å². The van der Waals surface area contributed by atoms with E-state index in [1.807, 2.05) is 55.6 Å². The molecule has 0 saturated carbocycles. The van der Waals surface area contributed by atoms with Gasteiger partial charge in [-0.3, -0.25) is 9.59 Å². The number of fused-ring (bicyclic) bond motifs is 1. The Hall–Kier alpha value is -3.08. The third-order valence-electron chi connectivity index (χ3n) is 4.18. The zero-order valence-corrected chi connectivity index (χ0v) is 14.6. The Balaban J connectivity index is 2.11. The summed E-state index contributed by atoms with van der Waals surface area (Å²) in [6.45, 7) is 2.45. The molecule has 0 spiro atoms. The second-order valence-electron chi connectivity index (χ2n) is 6.11. The molecule has 0 atom stereocenters. The molecular formula is C20H21N3O2. The highest BCUT2D eigenvalue weighted by atomic mass is 16.2. The Labute approximate surface area is 146 Å². The molecule has 1 N–H and O–H groups in total. The maximum atomic E-state index is 12.5. The molecule has 5 nitrogen and oxygen atoms in total. The minimum Gasteiger partial charge on any atom is -0.357 e. The van der Waals surface area contributed by atoms with E-state index in [0.717, 1.165) is 16.5 Å². The molecular weight excluding hydrogens is 314 g/mol. The Morgan fingerprint density at radius 2 is 1.92 bits per heavy atom. The number of H-pyrrole nitrogens is 1. The van der Waals surface area contributed by atoms with Crippen molar-refractivity contribution in [2.24, 2.45) is 0 Å². The van der Waals surface area contributed by atoms with Crippen LogP contribution in [0.1, 0.15) is 17.3 Å². The van der Waals surface area contributed by atoms with Gasteiger partial charge in [0, 0.05) is 49.5 Å². The van der Waals surface area contributed by atoms with Crippen molar-refractivity contribution in [2.75, 3.05) is 14.1 Å². The third-order valence-corrected chi connectivity index (χ3v) is 4.18. The Morgan fingerprint density at radius 1 is 1.20 bits per heavy atom. The molecule has 3 aromatic rings. The zero-order valence-electron chi connectivity index (χ0n) is 14.6. The third kappa shape index (κ3) is 3.13. The highest BCUT2D eigenvalue weighted by molar-refractivity contribution is 5.97. The SMILES string of the molecule is CC=CCn1cc(-c2ccc(C(=O)N(C)C)cc2)c2cc[nH]c2c1=O. The predicted octanol–water partition coefficient (Wildman–Crippen LogP) is 3.27. The number of aromatic amines is 1. The normalized spacial score (nSPS) is 11.3. The first-order valence-electron chi connectivity index (χ1n) is 8.16. The van der Waals surface area contributed by atoms with Crippen molar-refractivity contribution in [1.29, 1.82) is 0 Å². The molecule has 0 saturated heterocycles. The lowest BCUT2D eigenvalue weighted by Gasteiger charge is -2.12. The highest BCUT2D eigenvalue weighted by Gasteiger charge is 2.12. The van der Waals surface area contributed by atoms with Gasteiger partial charge in [0.2, 0.25) is 0 Å². The minimum atomic E-state index is -0.0405. The first-order chi connectivity index (χ1) is 12.0. The number of nitrogens with zero attached hydrogens (tertiary/aromatic N) is 2. The van der Waals surface area contributed by atoms with Crippen LogP contribution in [0.2, 0.25) is 0 Å². The number of nitrogens with one attached hydrogen (secondary N) is 1. The first-order valence-corrected chi connectivity index (χ1v) is 8.16. The molecule has 0 radical (unpaired) electrons. The summed E-state index contributed by atoms with van der Waals surface area (Å²) in [5.74, 6) is -0.0311. The fourth-order valence-electron chi connectivity index (χ4n) is 2.83. The summed E-state index contributed by atoms with van der Waals surface area (Å²) >= 11 is 0. The molecule has 2 heterocycles. The van der Waals surface area contributed by atoms with Gasteiger partial charge in [-0.15, -0.1) is 0 Å². The number of amides is 1. The standard InChI is InChI=1S/C20H21N3O2/c1-4-5-12-23-13-17(16-10-11-21-18(16)20(23)25)14-6-8-15(9-7-14)19(24)22(2)3/h4-11,13,21H,12H2,1-3H3. The summed E-state index contributed by atoms with van der Waals surface area (Å²) in [5.41, 5.74) is 3.12. The fraction of sp³-hybridized carbons (Fsp3) is 0.200. The van der Waals surface area contributed by atoms with Gasteiger partial charge in [0.05, 0.1) is 0 Å². The minimum absolute atomic E-state index is 0.0311. The fourth-order valence-corrected chi connectivity index (χ4v) is 2.83. The number of hydrogen-bond acceptors (Lipinski definition) is 2. The average molecular weight is 335 g/mol. The van der Waals surface area contributed by atoms with Gasteiger partial charge in [-0.1, -0.05) is 24.3 Å². The molecule has 0 aliphatic carbocycles. The predicted molar refractivity (Wildman–Crippen MR) is 101 cm³/mol. The van der Waals surface area contributed by atoms with Crippen LogP contribution in [0.15, 0.2) is 59.7 Å². The largest absolute Gasteiger partial charge is 0.357 e. The van der Waals surface area contributed by atoms with Gasteiger partial charge >= 0.3 is 0 Å². The molecule has 3 rings (SSSR count). The van der Waals surface area contributed by atoms with Gasteiger partial charge < -0.3 is 14.5 Å². The molecule has 5 heteroatoms. The van der Waals surface area contributed by atoms with Crippen LogP contribution >= 0.6 is 0 Å². The zero-order chi connectivity index (χ0) is 18.0. The first kappa shape index (κ1) is 16.8. The Morgan fingerprint density at radius 3 is 2.56 bits per heavy atom. The van der Waals surface area contributed by atoms with E-state index in [-0.39, 0.29) is 11.5 Å². The van der Waals surface area contributed by atoms with Crippen LogP contribution in [0.4, 0.5) is 0 Å². The van der Waals surface area contributed by atoms with Gasteiger partial charge in [-0.2, -0.15) is 0 Å². The second kappa shape index (κ2) is 6.81. The second-order valence-corrected chi connectivity index (χ2v) is 6.11. The van der Waals surface area contributed by atoms with Crippen molar-refractivity contribution < 1.29 is 4.79 Å². The summed E-state index contributed by atoms with van der Waals surface area (Å²) in [7, 11) is 3.47. The van der Waals surface area contributed by atoms with Crippen molar-refractivity contribution in [1.82, 2.24) is 14.5 Å². The molecule has 0 aliphatic heterocycles. The quantitative estimate of drug-likeness (QED) is 0.744.